The number of esters is 1. The van der Waals surface area contributed by atoms with Crippen LogP contribution in [-0.4, -0.2) is 49.9 Å². The lowest BCUT2D eigenvalue weighted by Crippen LogP contribution is -2.45. The Morgan fingerprint density at radius 3 is 2.57 bits per heavy atom. The highest BCUT2D eigenvalue weighted by Crippen LogP contribution is 2.36. The fraction of sp³-hybridized carbons (Fsp3) is 0.258. The number of allylic oxidation sites excluding steroid dienone is 1. The Labute approximate surface area is 288 Å². The average molecular weight is 757 g/mol. The van der Waals surface area contributed by atoms with E-state index in [2.05, 4.69) is 37.1 Å². The van der Waals surface area contributed by atoms with Gasteiger partial charge in [0.05, 0.1) is 41.0 Å². The highest BCUT2D eigenvalue weighted by molar-refractivity contribution is 9.10. The van der Waals surface area contributed by atoms with Crippen LogP contribution in [0.5, 0.6) is 17.2 Å². The van der Waals surface area contributed by atoms with E-state index in [1.807, 2.05) is 0 Å². The normalized spacial score (nSPS) is 15.2. The molecule has 2 amide bonds. The van der Waals surface area contributed by atoms with Gasteiger partial charge in [-0.15, -0.1) is 0 Å². The lowest BCUT2D eigenvalue weighted by molar-refractivity contribution is -0.136. The zero-order chi connectivity index (χ0) is 33.4. The number of rotatable bonds is 13. The Balaban J connectivity index is 1.37. The number of urea groups is 1. The van der Waals surface area contributed by atoms with Crippen LogP contribution in [0.1, 0.15) is 36.6 Å². The van der Waals surface area contributed by atoms with Gasteiger partial charge in [0.1, 0.15) is 13.2 Å². The second-order valence-electron chi connectivity index (χ2n) is 9.75. The Morgan fingerprint density at radius 2 is 1.87 bits per heavy atom. The molecular weight excluding hydrogens is 727 g/mol. The van der Waals surface area contributed by atoms with E-state index in [1.165, 1.54) is 13.3 Å². The van der Waals surface area contributed by atoms with Gasteiger partial charge >= 0.3 is 12.0 Å². The van der Waals surface area contributed by atoms with E-state index in [9.17, 15) is 14.7 Å². The number of ether oxygens (including phenoxy) is 4. The summed E-state index contributed by atoms with van der Waals surface area (Å²) in [6.07, 6.45) is 0.290. The molecule has 4 N–H and O–H groups in total. The number of aliphatic hydroxyl groups excluding tert-OH is 1. The minimum absolute atomic E-state index is 0.183. The standard InChI is InChI=1S/C31H30BrCl3N4O7/c1-4-44-25-11-18(28-27(30(41)43-3)16(2)37-31(42)38-28)6-8-24(25)45-15-26(40)39-36-13-17-9-21(32)29(23(35)10-17)46-14-19-5-7-20(33)12-22(19)34/h5-13,26,28,39-40H,4,14-15H2,1-3H3,(H2,37,38,42)/b36-13-/t26-,28+/m0/s1. The van der Waals surface area contributed by atoms with E-state index in [4.69, 9.17) is 53.8 Å². The lowest BCUT2D eigenvalue weighted by Gasteiger charge is -2.28. The lowest BCUT2D eigenvalue weighted by atomic mass is 9.95. The highest BCUT2D eigenvalue weighted by atomic mass is 79.9. The zero-order valence-corrected chi connectivity index (χ0v) is 28.7. The van der Waals surface area contributed by atoms with Crippen molar-refractivity contribution in [3.63, 3.8) is 0 Å². The first-order valence-electron chi connectivity index (χ1n) is 13.8. The topological polar surface area (TPSA) is 140 Å². The molecule has 0 spiro atoms. The van der Waals surface area contributed by atoms with Gasteiger partial charge in [0.2, 0.25) is 0 Å². The fourth-order valence-corrected chi connectivity index (χ4v) is 5.85. The van der Waals surface area contributed by atoms with Crippen molar-refractivity contribution in [3.8, 4) is 17.2 Å². The van der Waals surface area contributed by atoms with Crippen molar-refractivity contribution in [3.05, 3.63) is 96.0 Å². The number of hydrogen-bond donors (Lipinski definition) is 4. The third kappa shape index (κ3) is 8.98. The molecule has 1 heterocycles. The van der Waals surface area contributed by atoms with E-state index < -0.39 is 24.3 Å². The van der Waals surface area contributed by atoms with Crippen LogP contribution in [-0.2, 0) is 16.1 Å². The van der Waals surface area contributed by atoms with Crippen LogP contribution in [0, 0.1) is 0 Å². The molecule has 3 aromatic rings. The maximum absolute atomic E-state index is 12.4. The molecule has 46 heavy (non-hydrogen) atoms. The second-order valence-corrected chi connectivity index (χ2v) is 11.9. The smallest absolute Gasteiger partial charge is 0.337 e. The van der Waals surface area contributed by atoms with Crippen molar-refractivity contribution in [1.82, 2.24) is 16.1 Å². The van der Waals surface area contributed by atoms with Crippen LogP contribution in [0.4, 0.5) is 4.79 Å². The number of halogens is 4. The number of nitrogens with one attached hydrogen (secondary N) is 3. The Hall–Kier alpha value is -3.68. The SMILES string of the molecule is CCOc1cc([C@H]2NC(=O)NC(C)=C2C(=O)OC)ccc1OC[C@H](O)N/N=C\c1cc(Cl)c(OCc2ccc(Cl)cc2Cl)c(Br)c1. The van der Waals surface area contributed by atoms with Crippen molar-refractivity contribution in [1.29, 1.82) is 0 Å². The van der Waals surface area contributed by atoms with Gasteiger partial charge in [0.25, 0.3) is 0 Å². The maximum Gasteiger partial charge on any atom is 0.337 e. The number of hydrogen-bond acceptors (Lipinski definition) is 9. The molecule has 0 bridgehead atoms. The number of nitrogens with zero attached hydrogens (tertiary/aromatic N) is 1. The first-order valence-corrected chi connectivity index (χ1v) is 15.7. The number of methoxy groups -OCH3 is 1. The summed E-state index contributed by atoms with van der Waals surface area (Å²) in [6, 6.07) is 12.3. The van der Waals surface area contributed by atoms with Crippen molar-refractivity contribution < 1.29 is 33.6 Å². The van der Waals surface area contributed by atoms with Crippen molar-refractivity contribution in [2.75, 3.05) is 20.3 Å². The summed E-state index contributed by atoms with van der Waals surface area (Å²) in [4.78, 5) is 24.6. The van der Waals surface area contributed by atoms with E-state index in [0.29, 0.717) is 60.2 Å². The molecule has 11 nitrogen and oxygen atoms in total. The molecule has 15 heteroatoms. The quantitative estimate of drug-likeness (QED) is 0.0671. The summed E-state index contributed by atoms with van der Waals surface area (Å²) >= 11 is 22.1. The van der Waals surface area contributed by atoms with Gasteiger partial charge in [0, 0.05) is 21.3 Å². The number of aliphatic hydroxyl groups is 1. The predicted molar refractivity (Wildman–Crippen MR) is 179 cm³/mol. The molecule has 0 saturated heterocycles. The van der Waals surface area contributed by atoms with Crippen LogP contribution in [0.2, 0.25) is 15.1 Å². The largest absolute Gasteiger partial charge is 0.490 e. The van der Waals surface area contributed by atoms with Crippen LogP contribution in [0.3, 0.4) is 0 Å². The maximum atomic E-state index is 12.4. The Bertz CT molecular complexity index is 1650. The van der Waals surface area contributed by atoms with Gasteiger partial charge in [-0.1, -0.05) is 46.9 Å². The minimum Gasteiger partial charge on any atom is -0.490 e. The van der Waals surface area contributed by atoms with Crippen LogP contribution < -0.4 is 30.3 Å². The number of hydrazone groups is 1. The summed E-state index contributed by atoms with van der Waals surface area (Å²) in [7, 11) is 1.27. The van der Waals surface area contributed by atoms with Gasteiger partial charge in [-0.3, -0.25) is 5.43 Å². The number of carbonyl (C=O) groups is 2. The van der Waals surface area contributed by atoms with Crippen molar-refractivity contribution >= 4 is 68.9 Å². The molecule has 3 aromatic carbocycles. The van der Waals surface area contributed by atoms with Crippen LogP contribution in [0.25, 0.3) is 0 Å². The van der Waals surface area contributed by atoms with Gasteiger partial charge < -0.3 is 34.7 Å². The molecule has 0 aromatic heterocycles. The molecule has 1 aliphatic rings. The second kappa shape index (κ2) is 16.2. The van der Waals surface area contributed by atoms with Gasteiger partial charge in [-0.25, -0.2) is 9.59 Å². The third-order valence-corrected chi connectivity index (χ3v) is 7.97. The van der Waals surface area contributed by atoms with Crippen molar-refractivity contribution in [2.45, 2.75) is 32.7 Å². The molecule has 4 rings (SSSR count). The Kier molecular flexibility index (Phi) is 12.4. The first-order chi connectivity index (χ1) is 22.0. The van der Waals surface area contributed by atoms with Gasteiger partial charge in [-0.05, 0) is 77.3 Å². The molecule has 1 aliphatic heterocycles. The summed E-state index contributed by atoms with van der Waals surface area (Å²) in [5.41, 5.74) is 5.18. The number of amides is 2. The number of benzene rings is 3. The third-order valence-electron chi connectivity index (χ3n) is 6.52. The summed E-state index contributed by atoms with van der Waals surface area (Å²) in [6.45, 7) is 3.74. The van der Waals surface area contributed by atoms with Crippen LogP contribution >= 0.6 is 50.7 Å². The van der Waals surface area contributed by atoms with E-state index in [0.717, 1.165) is 5.56 Å². The minimum atomic E-state index is -1.18. The molecule has 244 valence electrons. The van der Waals surface area contributed by atoms with Crippen molar-refractivity contribution in [2.24, 2.45) is 5.10 Å². The Morgan fingerprint density at radius 1 is 1.09 bits per heavy atom. The van der Waals surface area contributed by atoms with Gasteiger partial charge in [0.15, 0.2) is 23.5 Å². The fourth-order valence-electron chi connectivity index (χ4n) is 4.40. The molecule has 2 atom stereocenters. The zero-order valence-electron chi connectivity index (χ0n) is 24.8. The van der Waals surface area contributed by atoms with E-state index >= 15 is 0 Å². The predicted octanol–water partition coefficient (Wildman–Crippen LogP) is 6.51. The van der Waals surface area contributed by atoms with E-state index in [1.54, 1.807) is 62.4 Å². The summed E-state index contributed by atoms with van der Waals surface area (Å²) in [5.74, 6) is 0.534. The van der Waals surface area contributed by atoms with Gasteiger partial charge in [-0.2, -0.15) is 5.10 Å². The molecule has 0 saturated carbocycles. The van der Waals surface area contributed by atoms with Crippen LogP contribution in [0.15, 0.2) is 69.4 Å². The molecular formula is C31H30BrCl3N4O7. The molecule has 0 unspecified atom stereocenters. The highest BCUT2D eigenvalue weighted by Gasteiger charge is 2.32. The summed E-state index contributed by atoms with van der Waals surface area (Å²) < 4.78 is 22.9. The summed E-state index contributed by atoms with van der Waals surface area (Å²) in [5, 5.41) is 21.2. The average Bonchev–Trinajstić information content (AvgIpc) is 3.00. The monoisotopic (exact) mass is 754 g/mol. The molecule has 0 radical (unpaired) electrons. The molecule has 0 fully saturated rings. The van der Waals surface area contributed by atoms with E-state index in [-0.39, 0.29) is 18.8 Å². The first kappa shape index (κ1) is 35.2. The molecule has 0 aliphatic carbocycles. The number of carbonyl (C=O) groups excluding carboxylic acids is 2.